The van der Waals surface area contributed by atoms with Crippen LogP contribution in [0.1, 0.15) is 25.8 Å². The molecule has 1 aromatic rings. The molecular formula is C15H23ClN2. The van der Waals surface area contributed by atoms with Crippen molar-refractivity contribution < 1.29 is 0 Å². The van der Waals surface area contributed by atoms with Crippen LogP contribution >= 0.6 is 11.6 Å². The second-order valence-electron chi connectivity index (χ2n) is 4.48. The number of hydrogen-bond acceptors (Lipinski definition) is 2. The molecule has 0 aromatic heterocycles. The van der Waals surface area contributed by atoms with Gasteiger partial charge in [-0.3, -0.25) is 0 Å². The summed E-state index contributed by atoms with van der Waals surface area (Å²) in [4.78, 5) is 0. The summed E-state index contributed by atoms with van der Waals surface area (Å²) < 4.78 is 0. The van der Waals surface area contributed by atoms with Crippen molar-refractivity contribution in [2.75, 3.05) is 17.7 Å². The van der Waals surface area contributed by atoms with Crippen LogP contribution in [0, 0.1) is 0 Å². The highest BCUT2D eigenvalue weighted by atomic mass is 35.5. The van der Waals surface area contributed by atoms with Crippen molar-refractivity contribution in [3.8, 4) is 0 Å². The quantitative estimate of drug-likeness (QED) is 0.585. The van der Waals surface area contributed by atoms with Gasteiger partial charge in [-0.2, -0.15) is 0 Å². The molecular weight excluding hydrogens is 244 g/mol. The van der Waals surface area contributed by atoms with Gasteiger partial charge in [0.15, 0.2) is 0 Å². The summed E-state index contributed by atoms with van der Waals surface area (Å²) in [5.41, 5.74) is 9.79. The maximum absolute atomic E-state index is 6.15. The molecule has 0 fully saturated rings. The Bertz CT molecular complexity index is 371. The molecule has 0 amide bonds. The monoisotopic (exact) mass is 266 g/mol. The van der Waals surface area contributed by atoms with Gasteiger partial charge in [-0.25, -0.2) is 0 Å². The summed E-state index contributed by atoms with van der Waals surface area (Å²) in [5, 5.41) is 3.24. The Morgan fingerprint density at radius 3 is 2.61 bits per heavy atom. The first-order chi connectivity index (χ1) is 8.67. The van der Waals surface area contributed by atoms with E-state index in [1.54, 1.807) is 0 Å². The second kappa shape index (κ2) is 8.17. The van der Waals surface area contributed by atoms with E-state index in [9.17, 15) is 0 Å². The van der Waals surface area contributed by atoms with Crippen LogP contribution in [0.15, 0.2) is 35.9 Å². The van der Waals surface area contributed by atoms with Crippen molar-refractivity contribution in [3.05, 3.63) is 41.5 Å². The van der Waals surface area contributed by atoms with Gasteiger partial charge in [0.1, 0.15) is 0 Å². The predicted molar refractivity (Wildman–Crippen MR) is 81.4 cm³/mol. The molecule has 1 rings (SSSR count). The van der Waals surface area contributed by atoms with Gasteiger partial charge in [0, 0.05) is 24.2 Å². The van der Waals surface area contributed by atoms with E-state index in [4.69, 9.17) is 17.3 Å². The summed E-state index contributed by atoms with van der Waals surface area (Å²) in [6.07, 6.45) is 4.12. The van der Waals surface area contributed by atoms with E-state index >= 15 is 0 Å². The molecule has 18 heavy (non-hydrogen) atoms. The standard InChI is InChI=1S/C15H23ClN2/c1-3-4-12(2)15(17)11-13-5-7-14(8-6-13)18-10-9-16/h4-8,15,18H,3,9-11,17H2,1-2H3/b12-4+. The highest BCUT2D eigenvalue weighted by molar-refractivity contribution is 6.18. The average Bonchev–Trinajstić information content (AvgIpc) is 2.38. The molecule has 1 unspecified atom stereocenters. The Hall–Kier alpha value is -0.990. The maximum atomic E-state index is 6.15. The van der Waals surface area contributed by atoms with Crippen LogP contribution in [0.5, 0.6) is 0 Å². The summed E-state index contributed by atoms with van der Waals surface area (Å²) >= 11 is 5.63. The molecule has 0 radical (unpaired) electrons. The molecule has 0 aliphatic carbocycles. The zero-order chi connectivity index (χ0) is 13.4. The average molecular weight is 267 g/mol. The van der Waals surface area contributed by atoms with Crippen molar-refractivity contribution in [3.63, 3.8) is 0 Å². The zero-order valence-electron chi connectivity index (χ0n) is 11.2. The fourth-order valence-electron chi connectivity index (χ4n) is 1.84. The second-order valence-corrected chi connectivity index (χ2v) is 4.86. The van der Waals surface area contributed by atoms with Gasteiger partial charge in [-0.15, -0.1) is 11.6 Å². The highest BCUT2D eigenvalue weighted by Gasteiger charge is 2.05. The van der Waals surface area contributed by atoms with E-state index in [-0.39, 0.29) is 6.04 Å². The molecule has 3 heteroatoms. The van der Waals surface area contributed by atoms with Crippen LogP contribution in [0.4, 0.5) is 5.69 Å². The molecule has 0 saturated heterocycles. The fourth-order valence-corrected chi connectivity index (χ4v) is 1.93. The molecule has 0 saturated carbocycles. The minimum Gasteiger partial charge on any atom is -0.384 e. The van der Waals surface area contributed by atoms with E-state index < -0.39 is 0 Å². The Balaban J connectivity index is 2.55. The maximum Gasteiger partial charge on any atom is 0.0396 e. The van der Waals surface area contributed by atoms with E-state index in [2.05, 4.69) is 49.5 Å². The van der Waals surface area contributed by atoms with E-state index in [1.165, 1.54) is 11.1 Å². The summed E-state index contributed by atoms with van der Waals surface area (Å²) in [7, 11) is 0. The molecule has 100 valence electrons. The molecule has 0 spiro atoms. The lowest BCUT2D eigenvalue weighted by atomic mass is 10.00. The summed E-state index contributed by atoms with van der Waals surface area (Å²) in [5.74, 6) is 0.619. The van der Waals surface area contributed by atoms with Crippen LogP contribution in [-0.2, 0) is 6.42 Å². The fraction of sp³-hybridized carbons (Fsp3) is 0.467. The van der Waals surface area contributed by atoms with Crippen LogP contribution in [0.2, 0.25) is 0 Å². The molecule has 0 bridgehead atoms. The molecule has 3 N–H and O–H groups in total. The van der Waals surface area contributed by atoms with Crippen LogP contribution in [0.3, 0.4) is 0 Å². The molecule has 1 aromatic carbocycles. The Morgan fingerprint density at radius 1 is 1.39 bits per heavy atom. The van der Waals surface area contributed by atoms with Gasteiger partial charge in [0.05, 0.1) is 0 Å². The van der Waals surface area contributed by atoms with Crippen LogP contribution in [0.25, 0.3) is 0 Å². The number of benzene rings is 1. The lowest BCUT2D eigenvalue weighted by Gasteiger charge is -2.13. The summed E-state index contributed by atoms with van der Waals surface area (Å²) in [6, 6.07) is 8.51. The number of hydrogen-bond donors (Lipinski definition) is 2. The number of allylic oxidation sites excluding steroid dienone is 1. The Morgan fingerprint density at radius 2 is 2.06 bits per heavy atom. The van der Waals surface area contributed by atoms with Crippen molar-refractivity contribution in [2.24, 2.45) is 5.73 Å². The number of rotatable bonds is 7. The van der Waals surface area contributed by atoms with Gasteiger partial charge in [-0.05, 0) is 37.5 Å². The zero-order valence-corrected chi connectivity index (χ0v) is 12.0. The minimum absolute atomic E-state index is 0.117. The molecule has 1 atom stereocenters. The normalized spacial score (nSPS) is 13.4. The minimum atomic E-state index is 0.117. The van der Waals surface area contributed by atoms with Gasteiger partial charge >= 0.3 is 0 Å². The molecule has 0 heterocycles. The third-order valence-electron chi connectivity index (χ3n) is 2.94. The van der Waals surface area contributed by atoms with Crippen molar-refractivity contribution in [2.45, 2.75) is 32.7 Å². The van der Waals surface area contributed by atoms with Gasteiger partial charge in [-0.1, -0.05) is 30.7 Å². The molecule has 0 aliphatic rings. The first-order valence-corrected chi connectivity index (χ1v) is 7.01. The number of nitrogens with one attached hydrogen (secondary N) is 1. The predicted octanol–water partition coefficient (Wildman–Crippen LogP) is 3.56. The Kier molecular flexibility index (Phi) is 6.84. The number of anilines is 1. The third-order valence-corrected chi connectivity index (χ3v) is 3.13. The third kappa shape index (κ3) is 5.11. The van der Waals surface area contributed by atoms with E-state index in [0.717, 1.165) is 25.1 Å². The smallest absolute Gasteiger partial charge is 0.0396 e. The molecule has 2 nitrogen and oxygen atoms in total. The lowest BCUT2D eigenvalue weighted by Crippen LogP contribution is -2.24. The lowest BCUT2D eigenvalue weighted by molar-refractivity contribution is 0.758. The van der Waals surface area contributed by atoms with Gasteiger partial charge < -0.3 is 11.1 Å². The van der Waals surface area contributed by atoms with Crippen molar-refractivity contribution in [1.29, 1.82) is 0 Å². The number of alkyl halides is 1. The number of halogens is 1. The van der Waals surface area contributed by atoms with Crippen LogP contribution < -0.4 is 11.1 Å². The topological polar surface area (TPSA) is 38.0 Å². The van der Waals surface area contributed by atoms with E-state index in [1.807, 2.05) is 0 Å². The molecule has 0 aliphatic heterocycles. The number of nitrogens with two attached hydrogens (primary N) is 1. The van der Waals surface area contributed by atoms with Crippen LogP contribution in [-0.4, -0.2) is 18.5 Å². The van der Waals surface area contributed by atoms with E-state index in [0.29, 0.717) is 5.88 Å². The first-order valence-electron chi connectivity index (χ1n) is 6.48. The van der Waals surface area contributed by atoms with Gasteiger partial charge in [0.25, 0.3) is 0 Å². The Labute approximate surface area is 115 Å². The first kappa shape index (κ1) is 15.1. The summed E-state index contributed by atoms with van der Waals surface area (Å²) in [6.45, 7) is 5.02. The largest absolute Gasteiger partial charge is 0.384 e. The SMILES string of the molecule is CC/C=C(\C)C(N)Cc1ccc(NCCCl)cc1. The highest BCUT2D eigenvalue weighted by Crippen LogP contribution is 2.13. The van der Waals surface area contributed by atoms with Crippen molar-refractivity contribution >= 4 is 17.3 Å². The van der Waals surface area contributed by atoms with Crippen molar-refractivity contribution in [1.82, 2.24) is 0 Å². The van der Waals surface area contributed by atoms with Gasteiger partial charge in [0.2, 0.25) is 0 Å².